The predicted molar refractivity (Wildman–Crippen MR) is 66.5 cm³/mol. The molecule has 0 aliphatic rings. The molecule has 2 aromatic heterocycles. The molecule has 0 atom stereocenters. The van der Waals surface area contributed by atoms with Gasteiger partial charge in [0, 0.05) is 12.1 Å². The maximum Gasteiger partial charge on any atom is 0.331 e. The number of hydrogen-bond acceptors (Lipinski definition) is 5. The zero-order chi connectivity index (χ0) is 13.0. The Labute approximate surface area is 112 Å². The monoisotopic (exact) mass is 311 g/mol. The van der Waals surface area contributed by atoms with Crippen LogP contribution in [0, 0.1) is 6.92 Å². The largest absolute Gasteiger partial charge is 0.456 e. The number of esters is 1. The van der Waals surface area contributed by atoms with Crippen molar-refractivity contribution in [3.63, 3.8) is 0 Å². The molecule has 0 saturated heterocycles. The molecule has 94 valence electrons. The summed E-state index contributed by atoms with van der Waals surface area (Å²) in [4.78, 5) is 11.4. The van der Waals surface area contributed by atoms with Gasteiger partial charge < -0.3 is 13.7 Å². The SMILES string of the molecule is Cc1cc(COC(=O)/C=C/c2ccc(Br)o2)no1. The van der Waals surface area contributed by atoms with Crippen molar-refractivity contribution < 1.29 is 18.5 Å². The van der Waals surface area contributed by atoms with E-state index in [2.05, 4.69) is 21.1 Å². The number of carbonyl (C=O) groups is 1. The third kappa shape index (κ3) is 3.59. The Morgan fingerprint density at radius 3 is 3.00 bits per heavy atom. The van der Waals surface area contributed by atoms with Gasteiger partial charge in [-0.25, -0.2) is 4.79 Å². The van der Waals surface area contributed by atoms with E-state index in [9.17, 15) is 4.79 Å². The first-order valence-corrected chi connectivity index (χ1v) is 5.95. The summed E-state index contributed by atoms with van der Waals surface area (Å²) >= 11 is 3.17. The van der Waals surface area contributed by atoms with Crippen LogP contribution in [0.15, 0.2) is 37.9 Å². The van der Waals surface area contributed by atoms with Gasteiger partial charge in [0.15, 0.2) is 4.67 Å². The van der Waals surface area contributed by atoms with Gasteiger partial charge in [-0.05, 0) is 41.1 Å². The van der Waals surface area contributed by atoms with Crippen molar-refractivity contribution in [2.45, 2.75) is 13.5 Å². The summed E-state index contributed by atoms with van der Waals surface area (Å²) in [5.74, 6) is 0.774. The Bertz CT molecular complexity index is 570. The highest BCUT2D eigenvalue weighted by atomic mass is 79.9. The molecule has 0 aromatic carbocycles. The van der Waals surface area contributed by atoms with Gasteiger partial charge in [0.25, 0.3) is 0 Å². The van der Waals surface area contributed by atoms with Gasteiger partial charge in [-0.2, -0.15) is 0 Å². The molecule has 5 nitrogen and oxygen atoms in total. The number of furan rings is 1. The molecule has 2 aromatic rings. The second kappa shape index (κ2) is 5.68. The number of nitrogens with zero attached hydrogens (tertiary/aromatic N) is 1. The predicted octanol–water partition coefficient (Wildman–Crippen LogP) is 3.10. The fraction of sp³-hybridized carbons (Fsp3) is 0.167. The molecule has 0 N–H and O–H groups in total. The number of halogens is 1. The van der Waals surface area contributed by atoms with E-state index in [-0.39, 0.29) is 6.61 Å². The minimum atomic E-state index is -0.469. The van der Waals surface area contributed by atoms with Crippen LogP contribution >= 0.6 is 15.9 Å². The molecule has 0 fully saturated rings. The molecule has 0 unspecified atom stereocenters. The lowest BCUT2D eigenvalue weighted by molar-refractivity contribution is -0.139. The fourth-order valence-corrected chi connectivity index (χ4v) is 1.57. The summed E-state index contributed by atoms with van der Waals surface area (Å²) in [6.45, 7) is 1.86. The van der Waals surface area contributed by atoms with Crippen LogP contribution in [0.25, 0.3) is 6.08 Å². The van der Waals surface area contributed by atoms with Crippen LogP contribution in [0.3, 0.4) is 0 Å². The van der Waals surface area contributed by atoms with E-state index in [1.807, 2.05) is 0 Å². The number of aromatic nitrogens is 1. The number of hydrogen-bond donors (Lipinski definition) is 0. The van der Waals surface area contributed by atoms with Crippen LogP contribution in [-0.2, 0) is 16.1 Å². The van der Waals surface area contributed by atoms with E-state index in [1.54, 1.807) is 25.1 Å². The van der Waals surface area contributed by atoms with E-state index in [4.69, 9.17) is 13.7 Å². The molecule has 2 rings (SSSR count). The van der Waals surface area contributed by atoms with Gasteiger partial charge in [-0.15, -0.1) is 0 Å². The van der Waals surface area contributed by atoms with Crippen molar-refractivity contribution in [3.8, 4) is 0 Å². The average Bonchev–Trinajstić information content (AvgIpc) is 2.93. The van der Waals surface area contributed by atoms with Gasteiger partial charge >= 0.3 is 5.97 Å². The summed E-state index contributed by atoms with van der Waals surface area (Å²) in [7, 11) is 0. The number of ether oxygens (including phenoxy) is 1. The Hall–Kier alpha value is -1.82. The highest BCUT2D eigenvalue weighted by Gasteiger charge is 2.03. The average molecular weight is 312 g/mol. The molecule has 0 aliphatic carbocycles. The fourth-order valence-electron chi connectivity index (χ4n) is 1.25. The van der Waals surface area contributed by atoms with E-state index in [0.717, 1.165) is 0 Å². The topological polar surface area (TPSA) is 65.5 Å². The molecule has 18 heavy (non-hydrogen) atoms. The van der Waals surface area contributed by atoms with Crippen molar-refractivity contribution in [2.24, 2.45) is 0 Å². The molecule has 0 saturated carbocycles. The first-order valence-electron chi connectivity index (χ1n) is 5.16. The third-order valence-corrected chi connectivity index (χ3v) is 2.44. The van der Waals surface area contributed by atoms with Crippen LogP contribution in [0.5, 0.6) is 0 Å². The molecule has 0 bridgehead atoms. The normalized spacial score (nSPS) is 11.0. The highest BCUT2D eigenvalue weighted by molar-refractivity contribution is 9.10. The van der Waals surface area contributed by atoms with E-state index >= 15 is 0 Å². The lowest BCUT2D eigenvalue weighted by atomic mass is 10.4. The lowest BCUT2D eigenvalue weighted by Gasteiger charge is -1.96. The van der Waals surface area contributed by atoms with Crippen LogP contribution in [-0.4, -0.2) is 11.1 Å². The summed E-state index contributed by atoms with van der Waals surface area (Å²) in [5.41, 5.74) is 0.579. The molecule has 6 heteroatoms. The van der Waals surface area contributed by atoms with Crippen LogP contribution in [0.4, 0.5) is 0 Å². The second-order valence-corrected chi connectivity index (χ2v) is 4.29. The van der Waals surface area contributed by atoms with Gasteiger partial charge in [-0.3, -0.25) is 0 Å². The first kappa shape index (κ1) is 12.6. The Morgan fingerprint density at radius 1 is 1.56 bits per heavy atom. The maximum atomic E-state index is 11.4. The van der Waals surface area contributed by atoms with Crippen LogP contribution in [0.2, 0.25) is 0 Å². The first-order chi connectivity index (χ1) is 8.63. The quantitative estimate of drug-likeness (QED) is 0.641. The molecule has 0 spiro atoms. The minimum absolute atomic E-state index is 0.0857. The van der Waals surface area contributed by atoms with Gasteiger partial charge in [-0.1, -0.05) is 5.16 Å². The number of rotatable bonds is 4. The lowest BCUT2D eigenvalue weighted by Crippen LogP contribution is -2.00. The Balaban J connectivity index is 1.83. The standard InChI is InChI=1S/C12H10BrNO4/c1-8-6-9(14-18-8)7-16-12(15)5-3-10-2-4-11(13)17-10/h2-6H,7H2,1H3/b5-3+. The zero-order valence-electron chi connectivity index (χ0n) is 9.55. The van der Waals surface area contributed by atoms with E-state index in [0.29, 0.717) is 21.9 Å². The minimum Gasteiger partial charge on any atom is -0.456 e. The molecule has 0 radical (unpaired) electrons. The molecular weight excluding hydrogens is 302 g/mol. The smallest absolute Gasteiger partial charge is 0.331 e. The summed E-state index contributed by atoms with van der Waals surface area (Å²) in [6.07, 6.45) is 2.82. The third-order valence-electron chi connectivity index (χ3n) is 2.02. The van der Waals surface area contributed by atoms with Crippen molar-refractivity contribution in [1.29, 1.82) is 0 Å². The second-order valence-electron chi connectivity index (χ2n) is 3.51. The maximum absolute atomic E-state index is 11.4. The van der Waals surface area contributed by atoms with Crippen molar-refractivity contribution >= 4 is 28.0 Å². The summed E-state index contributed by atoms with van der Waals surface area (Å²) in [5, 5.41) is 3.71. The Kier molecular flexibility index (Phi) is 3.99. The molecular formula is C12H10BrNO4. The Morgan fingerprint density at radius 2 is 2.39 bits per heavy atom. The van der Waals surface area contributed by atoms with Crippen molar-refractivity contribution in [1.82, 2.24) is 5.16 Å². The van der Waals surface area contributed by atoms with Crippen molar-refractivity contribution in [2.75, 3.05) is 0 Å². The van der Waals surface area contributed by atoms with E-state index in [1.165, 1.54) is 12.2 Å². The van der Waals surface area contributed by atoms with Gasteiger partial charge in [0.1, 0.15) is 23.8 Å². The molecule has 0 aliphatic heterocycles. The van der Waals surface area contributed by atoms with Crippen LogP contribution in [0.1, 0.15) is 17.2 Å². The van der Waals surface area contributed by atoms with E-state index < -0.39 is 5.97 Å². The summed E-state index contributed by atoms with van der Waals surface area (Å²) < 4.78 is 15.6. The zero-order valence-corrected chi connectivity index (χ0v) is 11.1. The molecule has 0 amide bonds. The number of carbonyl (C=O) groups excluding carboxylic acids is 1. The molecule has 2 heterocycles. The van der Waals surface area contributed by atoms with Crippen molar-refractivity contribution in [3.05, 3.63) is 46.2 Å². The van der Waals surface area contributed by atoms with Gasteiger partial charge in [0.05, 0.1) is 0 Å². The van der Waals surface area contributed by atoms with Gasteiger partial charge in [0.2, 0.25) is 0 Å². The summed E-state index contributed by atoms with van der Waals surface area (Å²) in [6, 6.07) is 5.18. The highest BCUT2D eigenvalue weighted by Crippen LogP contribution is 2.15. The van der Waals surface area contributed by atoms with Crippen LogP contribution < -0.4 is 0 Å². The number of aryl methyl sites for hydroxylation is 1.